The van der Waals surface area contributed by atoms with Crippen LogP contribution in [0.4, 0.5) is 4.79 Å². The van der Waals surface area contributed by atoms with E-state index < -0.39 is 17.7 Å². The fourth-order valence-corrected chi connectivity index (χ4v) is 2.27. The summed E-state index contributed by atoms with van der Waals surface area (Å²) in [6, 6.07) is -0.966. The van der Waals surface area contributed by atoms with Crippen molar-refractivity contribution >= 4 is 11.9 Å². The van der Waals surface area contributed by atoms with Crippen LogP contribution in [0, 0.1) is 0 Å². The average Bonchev–Trinajstić information content (AvgIpc) is 2.74. The number of hydrogen-bond donors (Lipinski definition) is 3. The summed E-state index contributed by atoms with van der Waals surface area (Å²) in [4.78, 5) is 24.6. The number of rotatable bonds is 4. The number of likely N-dealkylation sites (N-methyl/N-ethyl adjacent to an activating group) is 1. The van der Waals surface area contributed by atoms with Crippen LogP contribution in [0.2, 0.25) is 0 Å². The molecule has 1 saturated carbocycles. The molecule has 1 atom stereocenters. The molecule has 0 radical (unpaired) electrons. The third kappa shape index (κ3) is 3.96. The molecule has 0 aliphatic heterocycles. The molecule has 1 aliphatic carbocycles. The van der Waals surface area contributed by atoms with Gasteiger partial charge in [0.05, 0.1) is 11.6 Å². The number of imide groups is 1. The standard InChI is InChI=1S/C12H23N3O3/c1-9(10(16)14-11(17)13-2)15(3)8-12(18)6-4-5-7-12/h9,18H,4-8H2,1-3H3,(H2,13,14,16,17). The molecule has 18 heavy (non-hydrogen) atoms. The van der Waals surface area contributed by atoms with E-state index in [1.807, 2.05) is 0 Å². The molecular weight excluding hydrogens is 234 g/mol. The van der Waals surface area contributed by atoms with E-state index in [0.29, 0.717) is 6.54 Å². The molecule has 1 fully saturated rings. The predicted molar refractivity (Wildman–Crippen MR) is 68.1 cm³/mol. The predicted octanol–water partition coefficient (Wildman–Crippen LogP) is 0.0674. The summed E-state index contributed by atoms with van der Waals surface area (Å²) >= 11 is 0. The van der Waals surface area contributed by atoms with E-state index in [2.05, 4.69) is 10.6 Å². The Morgan fingerprint density at radius 2 is 1.94 bits per heavy atom. The lowest BCUT2D eigenvalue weighted by Gasteiger charge is -2.31. The van der Waals surface area contributed by atoms with Crippen molar-refractivity contribution in [1.29, 1.82) is 0 Å². The van der Waals surface area contributed by atoms with Crippen LogP contribution in [-0.2, 0) is 4.79 Å². The molecule has 1 aliphatic rings. The maximum Gasteiger partial charge on any atom is 0.321 e. The molecule has 104 valence electrons. The number of hydrogen-bond acceptors (Lipinski definition) is 4. The molecule has 0 aromatic rings. The average molecular weight is 257 g/mol. The van der Waals surface area contributed by atoms with Gasteiger partial charge in [0, 0.05) is 13.6 Å². The van der Waals surface area contributed by atoms with Gasteiger partial charge in [-0.15, -0.1) is 0 Å². The summed E-state index contributed by atoms with van der Waals surface area (Å²) in [6.45, 7) is 2.17. The minimum Gasteiger partial charge on any atom is -0.389 e. The highest BCUT2D eigenvalue weighted by atomic mass is 16.3. The van der Waals surface area contributed by atoms with Crippen molar-refractivity contribution in [1.82, 2.24) is 15.5 Å². The second kappa shape index (κ2) is 6.15. The lowest BCUT2D eigenvalue weighted by molar-refractivity contribution is -0.125. The Balaban J connectivity index is 2.47. The summed E-state index contributed by atoms with van der Waals surface area (Å²) < 4.78 is 0. The fraction of sp³-hybridized carbons (Fsp3) is 0.833. The number of aliphatic hydroxyl groups is 1. The number of nitrogens with one attached hydrogen (secondary N) is 2. The first-order valence-corrected chi connectivity index (χ1v) is 6.33. The first kappa shape index (κ1) is 14.9. The lowest BCUT2D eigenvalue weighted by atomic mass is 10.0. The van der Waals surface area contributed by atoms with Gasteiger partial charge in [0.15, 0.2) is 0 Å². The van der Waals surface area contributed by atoms with E-state index in [1.54, 1.807) is 18.9 Å². The number of amides is 3. The zero-order valence-electron chi connectivity index (χ0n) is 11.3. The number of urea groups is 1. The second-order valence-corrected chi connectivity index (χ2v) is 5.09. The van der Waals surface area contributed by atoms with Crippen molar-refractivity contribution in [2.75, 3.05) is 20.6 Å². The maximum atomic E-state index is 11.7. The van der Waals surface area contributed by atoms with Crippen LogP contribution < -0.4 is 10.6 Å². The number of carbonyl (C=O) groups excluding carboxylic acids is 2. The van der Waals surface area contributed by atoms with Gasteiger partial charge < -0.3 is 10.4 Å². The van der Waals surface area contributed by atoms with Crippen molar-refractivity contribution in [3.8, 4) is 0 Å². The zero-order chi connectivity index (χ0) is 13.8. The molecular formula is C12H23N3O3. The van der Waals surface area contributed by atoms with Crippen LogP contribution in [0.1, 0.15) is 32.6 Å². The van der Waals surface area contributed by atoms with E-state index >= 15 is 0 Å². The second-order valence-electron chi connectivity index (χ2n) is 5.09. The van der Waals surface area contributed by atoms with Gasteiger partial charge in [-0.3, -0.25) is 15.0 Å². The number of carbonyl (C=O) groups is 2. The van der Waals surface area contributed by atoms with Crippen molar-refractivity contribution in [2.24, 2.45) is 0 Å². The molecule has 0 saturated heterocycles. The van der Waals surface area contributed by atoms with E-state index in [-0.39, 0.29) is 5.91 Å². The summed E-state index contributed by atoms with van der Waals surface area (Å²) in [7, 11) is 3.24. The van der Waals surface area contributed by atoms with Gasteiger partial charge in [-0.1, -0.05) is 12.8 Å². The van der Waals surface area contributed by atoms with Gasteiger partial charge in [-0.05, 0) is 26.8 Å². The molecule has 0 aromatic heterocycles. The van der Waals surface area contributed by atoms with Gasteiger partial charge in [-0.2, -0.15) is 0 Å². The topological polar surface area (TPSA) is 81.7 Å². The largest absolute Gasteiger partial charge is 0.389 e. The Labute approximate surface area is 108 Å². The quantitative estimate of drug-likeness (QED) is 0.665. The first-order valence-electron chi connectivity index (χ1n) is 6.33. The van der Waals surface area contributed by atoms with Crippen molar-refractivity contribution in [3.05, 3.63) is 0 Å². The van der Waals surface area contributed by atoms with Gasteiger partial charge in [0.2, 0.25) is 5.91 Å². The normalized spacial score (nSPS) is 19.6. The molecule has 1 rings (SSSR count). The minimum atomic E-state index is -0.684. The summed E-state index contributed by atoms with van der Waals surface area (Å²) in [5.74, 6) is -0.363. The Morgan fingerprint density at radius 3 is 2.44 bits per heavy atom. The van der Waals surface area contributed by atoms with E-state index in [4.69, 9.17) is 0 Å². The van der Waals surface area contributed by atoms with E-state index in [0.717, 1.165) is 25.7 Å². The van der Waals surface area contributed by atoms with Crippen LogP contribution in [0.3, 0.4) is 0 Å². The monoisotopic (exact) mass is 257 g/mol. The van der Waals surface area contributed by atoms with Crippen LogP contribution in [0.5, 0.6) is 0 Å². The van der Waals surface area contributed by atoms with Gasteiger partial charge in [0.1, 0.15) is 0 Å². The Hall–Kier alpha value is -1.14. The SMILES string of the molecule is CNC(=O)NC(=O)C(C)N(C)CC1(O)CCCC1. The fourth-order valence-electron chi connectivity index (χ4n) is 2.27. The Morgan fingerprint density at radius 1 is 1.39 bits per heavy atom. The van der Waals surface area contributed by atoms with Crippen molar-refractivity contribution in [2.45, 2.75) is 44.2 Å². The van der Waals surface area contributed by atoms with Gasteiger partial charge in [0.25, 0.3) is 0 Å². The van der Waals surface area contributed by atoms with E-state index in [1.165, 1.54) is 7.05 Å². The van der Waals surface area contributed by atoms with Crippen LogP contribution in [-0.4, -0.2) is 54.2 Å². The Bertz CT molecular complexity index is 314. The highest BCUT2D eigenvalue weighted by Crippen LogP contribution is 2.30. The molecule has 1 unspecified atom stereocenters. The number of nitrogens with zero attached hydrogens (tertiary/aromatic N) is 1. The molecule has 0 heterocycles. The van der Waals surface area contributed by atoms with Gasteiger partial charge >= 0.3 is 6.03 Å². The highest BCUT2D eigenvalue weighted by molar-refractivity contribution is 5.96. The molecule has 0 aromatic carbocycles. The van der Waals surface area contributed by atoms with Crippen molar-refractivity contribution in [3.63, 3.8) is 0 Å². The van der Waals surface area contributed by atoms with Crippen LogP contribution in [0.15, 0.2) is 0 Å². The molecule has 0 spiro atoms. The summed E-state index contributed by atoms with van der Waals surface area (Å²) in [5.41, 5.74) is -0.684. The smallest absolute Gasteiger partial charge is 0.321 e. The molecule has 6 nitrogen and oxygen atoms in total. The van der Waals surface area contributed by atoms with Crippen LogP contribution >= 0.6 is 0 Å². The van der Waals surface area contributed by atoms with E-state index in [9.17, 15) is 14.7 Å². The lowest BCUT2D eigenvalue weighted by Crippen LogP contribution is -2.51. The zero-order valence-corrected chi connectivity index (χ0v) is 11.3. The third-order valence-corrected chi connectivity index (χ3v) is 3.58. The maximum absolute atomic E-state index is 11.7. The molecule has 0 bridgehead atoms. The summed E-state index contributed by atoms with van der Waals surface area (Å²) in [6.07, 6.45) is 3.62. The third-order valence-electron chi connectivity index (χ3n) is 3.58. The Kier molecular flexibility index (Phi) is 5.10. The molecule has 3 amide bonds. The summed E-state index contributed by atoms with van der Waals surface area (Å²) in [5, 5.41) is 14.8. The highest BCUT2D eigenvalue weighted by Gasteiger charge is 2.34. The minimum absolute atomic E-state index is 0.363. The first-order chi connectivity index (χ1) is 8.38. The van der Waals surface area contributed by atoms with Gasteiger partial charge in [-0.25, -0.2) is 4.79 Å². The molecule has 3 N–H and O–H groups in total. The molecule has 6 heteroatoms. The van der Waals surface area contributed by atoms with Crippen LogP contribution in [0.25, 0.3) is 0 Å². The van der Waals surface area contributed by atoms with Crippen molar-refractivity contribution < 1.29 is 14.7 Å².